The molecule has 1 aliphatic heterocycles. The second kappa shape index (κ2) is 3.02. The van der Waals surface area contributed by atoms with E-state index in [9.17, 15) is 4.57 Å². The van der Waals surface area contributed by atoms with Gasteiger partial charge in [0.25, 0.3) is 0 Å². The molecule has 0 fully saturated rings. The molecule has 6 heteroatoms. The first-order chi connectivity index (χ1) is 4.01. The second-order valence-corrected chi connectivity index (χ2v) is 3.07. The molecule has 0 aromatic rings. The monoisotopic (exact) mass is 157 g/mol. The van der Waals surface area contributed by atoms with Gasteiger partial charge in [-0.2, -0.15) is 0 Å². The Morgan fingerprint density at radius 2 is 1.60 bits per heavy atom. The molecule has 0 saturated heterocycles. The molecule has 0 amide bonds. The summed E-state index contributed by atoms with van der Waals surface area (Å²) in [5, 5.41) is 0. The normalized spacial score (nSPS) is 21.1. The van der Waals surface area contributed by atoms with Gasteiger partial charge in [0.15, 0.2) is 0 Å². The zero-order valence-corrected chi connectivity index (χ0v) is 7.01. The maximum absolute atomic E-state index is 10.5. The number of hydrogen-bond donors (Lipinski definition) is 1. The Hall–Kier alpha value is 0.127. The summed E-state index contributed by atoms with van der Waals surface area (Å²) < 4.78 is 19.4. The molecular formula is C4H7LiO4P. The van der Waals surface area contributed by atoms with Crippen molar-refractivity contribution < 1.29 is 18.5 Å². The Bertz CT molecular complexity index is 193. The molecule has 4 nitrogen and oxygen atoms in total. The van der Waals surface area contributed by atoms with Gasteiger partial charge < -0.3 is 9.05 Å². The van der Waals surface area contributed by atoms with Crippen molar-refractivity contribution in [1.29, 1.82) is 0 Å². The molecule has 53 valence electrons. The number of phosphoric acid groups is 1. The van der Waals surface area contributed by atoms with Crippen molar-refractivity contribution >= 4 is 26.7 Å². The Balaban J connectivity index is 0.000000810. The van der Waals surface area contributed by atoms with E-state index in [1.54, 1.807) is 13.8 Å². The van der Waals surface area contributed by atoms with Gasteiger partial charge in [-0.3, -0.25) is 4.89 Å². The van der Waals surface area contributed by atoms with Gasteiger partial charge in [0.05, 0.1) is 0 Å². The minimum absolute atomic E-state index is 0. The van der Waals surface area contributed by atoms with E-state index in [0.717, 1.165) is 0 Å². The molecule has 0 aromatic carbocycles. The maximum atomic E-state index is 10.5. The molecule has 0 unspecified atom stereocenters. The van der Waals surface area contributed by atoms with Gasteiger partial charge in [-0.1, -0.05) is 0 Å². The van der Waals surface area contributed by atoms with Gasteiger partial charge in [0.2, 0.25) is 0 Å². The van der Waals surface area contributed by atoms with Gasteiger partial charge in [-0.15, -0.1) is 0 Å². The van der Waals surface area contributed by atoms with Crippen LogP contribution >= 0.6 is 7.82 Å². The van der Waals surface area contributed by atoms with Crippen LogP contribution in [0.1, 0.15) is 13.8 Å². The van der Waals surface area contributed by atoms with Crippen LogP contribution in [0.15, 0.2) is 11.5 Å². The largest absolute Gasteiger partial charge is 0.584 e. The van der Waals surface area contributed by atoms with Crippen molar-refractivity contribution in [3.63, 3.8) is 0 Å². The fourth-order valence-electron chi connectivity index (χ4n) is 0.493. The number of allylic oxidation sites excluding steroid dienone is 2. The second-order valence-electron chi connectivity index (χ2n) is 1.76. The van der Waals surface area contributed by atoms with E-state index in [1.807, 2.05) is 0 Å². The molecule has 0 aliphatic carbocycles. The first-order valence-corrected chi connectivity index (χ1v) is 3.90. The maximum Gasteiger partial charge on any atom is 0.584 e. The third-order valence-electron chi connectivity index (χ3n) is 1.00. The minimum Gasteiger partial charge on any atom is -0.396 e. The van der Waals surface area contributed by atoms with E-state index < -0.39 is 7.82 Å². The molecule has 1 rings (SSSR count). The van der Waals surface area contributed by atoms with Gasteiger partial charge in [0, 0.05) is 18.9 Å². The topological polar surface area (TPSA) is 55.8 Å². The van der Waals surface area contributed by atoms with E-state index in [4.69, 9.17) is 4.89 Å². The number of rotatable bonds is 0. The number of phosphoric ester groups is 1. The summed E-state index contributed by atoms with van der Waals surface area (Å²) in [5.74, 6) is 0.752. The van der Waals surface area contributed by atoms with E-state index in [0.29, 0.717) is 11.5 Å². The molecule has 1 N–H and O–H groups in total. The van der Waals surface area contributed by atoms with E-state index >= 15 is 0 Å². The van der Waals surface area contributed by atoms with Gasteiger partial charge in [-0.05, 0) is 13.8 Å². The summed E-state index contributed by atoms with van der Waals surface area (Å²) in [6, 6.07) is 0. The van der Waals surface area contributed by atoms with Crippen LogP contribution in [-0.2, 0) is 13.6 Å². The minimum atomic E-state index is -3.73. The van der Waals surface area contributed by atoms with Crippen molar-refractivity contribution in [1.82, 2.24) is 0 Å². The average molecular weight is 157 g/mol. The molecule has 1 heterocycles. The predicted molar refractivity (Wildman–Crippen MR) is 36.1 cm³/mol. The Labute approximate surface area is 71.0 Å². The van der Waals surface area contributed by atoms with Crippen LogP contribution in [0.25, 0.3) is 0 Å². The van der Waals surface area contributed by atoms with Crippen LogP contribution in [-0.4, -0.2) is 23.8 Å². The van der Waals surface area contributed by atoms with E-state index in [-0.39, 0.29) is 18.9 Å². The van der Waals surface area contributed by atoms with Crippen LogP contribution in [0.3, 0.4) is 0 Å². The molecule has 0 aromatic heterocycles. The molecule has 0 spiro atoms. The third kappa shape index (κ3) is 2.07. The summed E-state index contributed by atoms with van der Waals surface area (Å²) in [5.41, 5.74) is 0. The van der Waals surface area contributed by atoms with Crippen LogP contribution < -0.4 is 0 Å². The van der Waals surface area contributed by atoms with Gasteiger partial charge >= 0.3 is 7.82 Å². The van der Waals surface area contributed by atoms with E-state index in [2.05, 4.69) is 9.05 Å². The predicted octanol–water partition coefficient (Wildman–Crippen LogP) is 1.00. The summed E-state index contributed by atoms with van der Waals surface area (Å²) in [7, 11) is -3.73. The van der Waals surface area contributed by atoms with Crippen LogP contribution in [0, 0.1) is 0 Å². The summed E-state index contributed by atoms with van der Waals surface area (Å²) >= 11 is 0. The molecule has 1 aliphatic rings. The SMILES string of the molecule is CC1=C(C)OP(=O)(O)O1.[Li]. The van der Waals surface area contributed by atoms with Crippen LogP contribution in [0.4, 0.5) is 0 Å². The summed E-state index contributed by atoms with van der Waals surface area (Å²) in [6.07, 6.45) is 0. The molecule has 0 saturated carbocycles. The zero-order valence-electron chi connectivity index (χ0n) is 6.12. The number of hydrogen-bond acceptors (Lipinski definition) is 3. The average Bonchev–Trinajstić information content (AvgIpc) is 1.79. The molecule has 0 bridgehead atoms. The van der Waals surface area contributed by atoms with Crippen molar-refractivity contribution in [2.24, 2.45) is 0 Å². The van der Waals surface area contributed by atoms with Gasteiger partial charge in [-0.25, -0.2) is 4.57 Å². The molecule has 10 heavy (non-hydrogen) atoms. The smallest absolute Gasteiger partial charge is 0.396 e. The van der Waals surface area contributed by atoms with Gasteiger partial charge in [0.1, 0.15) is 11.5 Å². The summed E-state index contributed by atoms with van der Waals surface area (Å²) in [6.45, 7) is 3.15. The van der Waals surface area contributed by atoms with Crippen molar-refractivity contribution in [3.8, 4) is 0 Å². The Kier molecular flexibility index (Phi) is 3.06. The first-order valence-electron chi connectivity index (χ1n) is 2.41. The van der Waals surface area contributed by atoms with Crippen LogP contribution in [0.2, 0.25) is 0 Å². The Morgan fingerprint density at radius 1 is 1.30 bits per heavy atom. The fraction of sp³-hybridized carbons (Fsp3) is 0.500. The standard InChI is InChI=1S/C4H7O4P.Li/c1-3-4(2)8-9(5,6)7-3;/h1-2H3,(H,5,6);. The van der Waals surface area contributed by atoms with Crippen molar-refractivity contribution in [3.05, 3.63) is 11.5 Å². The molecule has 1 radical (unpaired) electrons. The van der Waals surface area contributed by atoms with Crippen molar-refractivity contribution in [2.45, 2.75) is 13.8 Å². The summed E-state index contributed by atoms with van der Waals surface area (Å²) in [4.78, 5) is 8.60. The Morgan fingerprint density at radius 3 is 1.70 bits per heavy atom. The quantitative estimate of drug-likeness (QED) is 0.421. The van der Waals surface area contributed by atoms with Crippen LogP contribution in [0.5, 0.6) is 0 Å². The molecule has 0 atom stereocenters. The molecular weight excluding hydrogens is 150 g/mol. The third-order valence-corrected chi connectivity index (χ3v) is 2.01. The zero-order chi connectivity index (χ0) is 7.07. The first kappa shape index (κ1) is 10.1. The fourth-order valence-corrected chi connectivity index (χ4v) is 1.48. The van der Waals surface area contributed by atoms with E-state index in [1.165, 1.54) is 0 Å². The van der Waals surface area contributed by atoms with Crippen molar-refractivity contribution in [2.75, 3.05) is 0 Å².